The van der Waals surface area contributed by atoms with Crippen molar-refractivity contribution in [3.8, 4) is 28.5 Å². The zero-order valence-corrected chi connectivity index (χ0v) is 28.3. The predicted octanol–water partition coefficient (Wildman–Crippen LogP) is 6.03. The van der Waals surface area contributed by atoms with Gasteiger partial charge in [-0.15, -0.1) is 0 Å². The minimum absolute atomic E-state index is 0.0687. The number of nitrogens with zero attached hydrogens (tertiary/aromatic N) is 6. The van der Waals surface area contributed by atoms with Crippen LogP contribution in [0.15, 0.2) is 54.6 Å². The molecule has 2 bridgehead atoms. The molecular formula is C39H42N6O4. The smallest absolute Gasteiger partial charge is 0.255 e. The molecule has 10 nitrogen and oxygen atoms in total. The van der Waals surface area contributed by atoms with Gasteiger partial charge in [0.15, 0.2) is 5.82 Å². The highest BCUT2D eigenvalue weighted by Gasteiger charge is 2.46. The lowest BCUT2D eigenvalue weighted by atomic mass is 10.0. The summed E-state index contributed by atoms with van der Waals surface area (Å²) in [5.74, 6) is 3.04. The summed E-state index contributed by atoms with van der Waals surface area (Å²) in [7, 11) is 3.67. The number of piperidine rings is 2. The Kier molecular flexibility index (Phi) is 7.09. The topological polar surface area (TPSA) is 106 Å². The lowest BCUT2D eigenvalue weighted by Crippen LogP contribution is -2.44. The first-order chi connectivity index (χ1) is 23.8. The number of carbonyl (C=O) groups is 2. The molecule has 2 saturated carbocycles. The average Bonchev–Trinajstić information content (AvgIpc) is 3.52. The Labute approximate surface area is 285 Å². The van der Waals surface area contributed by atoms with Crippen LogP contribution in [0, 0.1) is 17.8 Å². The first-order valence-corrected chi connectivity index (χ1v) is 17.7. The second kappa shape index (κ2) is 11.4. The monoisotopic (exact) mass is 658 g/mol. The quantitative estimate of drug-likeness (QED) is 0.229. The summed E-state index contributed by atoms with van der Waals surface area (Å²) < 4.78 is 10.3. The maximum absolute atomic E-state index is 13.8. The molecule has 0 radical (unpaired) electrons. The van der Waals surface area contributed by atoms with Crippen molar-refractivity contribution in [1.29, 1.82) is 0 Å². The zero-order chi connectivity index (χ0) is 33.6. The van der Waals surface area contributed by atoms with Crippen molar-refractivity contribution < 1.29 is 19.4 Å². The molecule has 2 aromatic carbocycles. The van der Waals surface area contributed by atoms with Gasteiger partial charge in [-0.05, 0) is 98.7 Å². The van der Waals surface area contributed by atoms with E-state index in [4.69, 9.17) is 14.7 Å². The fourth-order valence-corrected chi connectivity index (χ4v) is 8.67. The van der Waals surface area contributed by atoms with Gasteiger partial charge in [0.1, 0.15) is 23.0 Å². The van der Waals surface area contributed by atoms with Crippen LogP contribution in [-0.4, -0.2) is 73.3 Å². The second-order valence-electron chi connectivity index (χ2n) is 14.6. The van der Waals surface area contributed by atoms with Crippen molar-refractivity contribution in [2.75, 3.05) is 25.1 Å². The number of amides is 2. The van der Waals surface area contributed by atoms with E-state index >= 15 is 0 Å². The Morgan fingerprint density at radius 1 is 1.00 bits per heavy atom. The molecule has 9 rings (SSSR count). The highest BCUT2D eigenvalue weighted by molar-refractivity contribution is 6.01. The maximum Gasteiger partial charge on any atom is 0.255 e. The Hall–Kier alpha value is -4.70. The number of aryl methyl sites for hydroxylation is 1. The number of hydrogen-bond donors (Lipinski definition) is 1. The molecule has 4 atom stereocenters. The summed E-state index contributed by atoms with van der Waals surface area (Å²) >= 11 is 0. The van der Waals surface area contributed by atoms with Crippen LogP contribution in [0.1, 0.15) is 55.8 Å². The van der Waals surface area contributed by atoms with E-state index in [1.807, 2.05) is 49.5 Å². The van der Waals surface area contributed by atoms with E-state index in [-0.39, 0.29) is 11.8 Å². The third-order valence-corrected chi connectivity index (χ3v) is 11.7. The number of imidazole rings is 1. The van der Waals surface area contributed by atoms with Gasteiger partial charge in [-0.3, -0.25) is 9.59 Å². The molecule has 5 heterocycles. The minimum atomic E-state index is -0.929. The normalized spacial score (nSPS) is 23.7. The van der Waals surface area contributed by atoms with Gasteiger partial charge in [-0.2, -0.15) is 0 Å². The fraction of sp³-hybridized carbons (Fsp3) is 0.436. The predicted molar refractivity (Wildman–Crippen MR) is 188 cm³/mol. The van der Waals surface area contributed by atoms with Gasteiger partial charge in [0, 0.05) is 54.9 Å². The summed E-state index contributed by atoms with van der Waals surface area (Å²) in [6, 6.07) is 18.3. The standard InChI is InChI=1S/C39H42N6O4/c1-22-26-11-15-31(22)45(21-26)38(47)27-17-30-35(34(19-27)49-3)42(2)37(41-30)32-18-25-10-14-29(40-36(25)44(32)20-23-6-7-23)24-8-12-28(13-9-24)43-16-4-5-33(46)39(43)48/h8-10,12-14,17-19,22-23,26,31,33,46H,4-7,11,15-16,20-21H2,1-3H3/t22-,26?,31?,33?/m1/s1. The van der Waals surface area contributed by atoms with E-state index in [0.717, 1.165) is 76.5 Å². The molecule has 10 heteroatoms. The first kappa shape index (κ1) is 30.4. The van der Waals surface area contributed by atoms with Crippen molar-refractivity contribution in [1.82, 2.24) is 24.0 Å². The van der Waals surface area contributed by atoms with E-state index in [0.29, 0.717) is 48.1 Å². The van der Waals surface area contributed by atoms with Crippen LogP contribution in [0.5, 0.6) is 5.75 Å². The molecule has 2 amide bonds. The third-order valence-electron chi connectivity index (χ3n) is 11.7. The number of aromatic nitrogens is 4. The van der Waals surface area contributed by atoms with Crippen molar-refractivity contribution in [3.63, 3.8) is 0 Å². The number of fused-ring (bicyclic) bond motifs is 4. The first-order valence-electron chi connectivity index (χ1n) is 17.7. The summed E-state index contributed by atoms with van der Waals surface area (Å²) in [4.78, 5) is 40.5. The summed E-state index contributed by atoms with van der Waals surface area (Å²) in [5, 5.41) is 11.1. The number of ether oxygens (including phenoxy) is 1. The number of aliphatic hydroxyl groups excluding tert-OH is 1. The van der Waals surface area contributed by atoms with Crippen LogP contribution in [0.25, 0.3) is 44.8 Å². The van der Waals surface area contributed by atoms with Crippen molar-refractivity contribution in [2.24, 2.45) is 24.8 Å². The zero-order valence-electron chi connectivity index (χ0n) is 28.3. The van der Waals surface area contributed by atoms with E-state index in [1.54, 1.807) is 12.0 Å². The van der Waals surface area contributed by atoms with Crippen LogP contribution in [0.3, 0.4) is 0 Å². The average molecular weight is 659 g/mol. The van der Waals surface area contributed by atoms with E-state index in [9.17, 15) is 14.7 Å². The Morgan fingerprint density at radius 2 is 1.82 bits per heavy atom. The molecule has 2 aliphatic carbocycles. The number of methoxy groups -OCH3 is 1. The van der Waals surface area contributed by atoms with E-state index < -0.39 is 6.10 Å². The van der Waals surface area contributed by atoms with Crippen molar-refractivity contribution in [3.05, 3.63) is 60.2 Å². The number of likely N-dealkylation sites (tertiary alicyclic amines) is 1. The number of pyridine rings is 1. The van der Waals surface area contributed by atoms with Crippen LogP contribution in [-0.2, 0) is 18.4 Å². The van der Waals surface area contributed by atoms with Gasteiger partial charge >= 0.3 is 0 Å². The lowest BCUT2D eigenvalue weighted by molar-refractivity contribution is -0.128. The molecular weight excluding hydrogens is 616 g/mol. The van der Waals surface area contributed by atoms with Gasteiger partial charge in [-0.25, -0.2) is 9.97 Å². The van der Waals surface area contributed by atoms with E-state index in [1.165, 1.54) is 19.3 Å². The van der Waals surface area contributed by atoms with Crippen LogP contribution in [0.2, 0.25) is 0 Å². The molecule has 3 aromatic heterocycles. The molecule has 5 aromatic rings. The Morgan fingerprint density at radius 3 is 2.53 bits per heavy atom. The summed E-state index contributed by atoms with van der Waals surface area (Å²) in [6.07, 6.45) is 5.06. The molecule has 49 heavy (non-hydrogen) atoms. The highest BCUT2D eigenvalue weighted by atomic mass is 16.5. The van der Waals surface area contributed by atoms with Gasteiger partial charge in [0.05, 0.1) is 24.0 Å². The molecule has 3 unspecified atom stereocenters. The van der Waals surface area contributed by atoms with Gasteiger partial charge in [0.25, 0.3) is 11.8 Å². The molecule has 1 N–H and O–H groups in total. The van der Waals surface area contributed by atoms with Gasteiger partial charge in [0.2, 0.25) is 0 Å². The van der Waals surface area contributed by atoms with Crippen LogP contribution >= 0.6 is 0 Å². The van der Waals surface area contributed by atoms with Crippen LogP contribution < -0.4 is 9.64 Å². The van der Waals surface area contributed by atoms with Crippen molar-refractivity contribution >= 4 is 39.6 Å². The molecule has 4 fully saturated rings. The largest absolute Gasteiger partial charge is 0.494 e. The maximum atomic E-state index is 13.8. The molecule has 4 aliphatic rings. The van der Waals surface area contributed by atoms with E-state index in [2.05, 4.69) is 33.1 Å². The number of hydrogen-bond acceptors (Lipinski definition) is 6. The number of rotatable bonds is 7. The fourth-order valence-electron chi connectivity index (χ4n) is 8.67. The highest BCUT2D eigenvalue weighted by Crippen LogP contribution is 2.44. The molecule has 2 aliphatic heterocycles. The third kappa shape index (κ3) is 4.94. The molecule has 2 saturated heterocycles. The molecule has 252 valence electrons. The van der Waals surface area contributed by atoms with Crippen LogP contribution in [0.4, 0.5) is 5.69 Å². The number of anilines is 1. The second-order valence-corrected chi connectivity index (χ2v) is 14.6. The van der Waals surface area contributed by atoms with Crippen molar-refractivity contribution in [2.45, 2.75) is 64.1 Å². The van der Waals surface area contributed by atoms with Gasteiger partial charge in [-0.1, -0.05) is 19.1 Å². The number of benzene rings is 2. The summed E-state index contributed by atoms with van der Waals surface area (Å²) in [5.41, 5.74) is 6.74. The van der Waals surface area contributed by atoms with Gasteiger partial charge < -0.3 is 28.8 Å². The minimum Gasteiger partial charge on any atom is -0.494 e. The Balaban J connectivity index is 1.09. The number of aliphatic hydroxyl groups is 1. The number of carbonyl (C=O) groups excluding carboxylic acids is 2. The molecule has 0 spiro atoms. The Bertz CT molecular complexity index is 2130. The lowest BCUT2D eigenvalue weighted by Gasteiger charge is -2.29. The summed E-state index contributed by atoms with van der Waals surface area (Å²) in [6.45, 7) is 4.58. The SMILES string of the molecule is COc1cc(C(=O)N2CC3CCC2[C@@H]3C)cc2nc(-c3cc4ccc(-c5ccc(N6CCCC(O)C6=O)cc5)nc4n3CC3CC3)n(C)c12.